The Bertz CT molecular complexity index is 1240. The van der Waals surface area contributed by atoms with Crippen LogP contribution in [-0.2, 0) is 17.6 Å². The molecule has 1 amide bonds. The minimum atomic E-state index is -0.498. The average molecular weight is 443 g/mol. The number of carbonyl (C=O) groups excluding carboxylic acids is 1. The zero-order valence-corrected chi connectivity index (χ0v) is 19.6. The zero-order chi connectivity index (χ0) is 23.4. The van der Waals surface area contributed by atoms with Crippen molar-refractivity contribution in [3.63, 3.8) is 0 Å². The fourth-order valence-electron chi connectivity index (χ4n) is 3.67. The summed E-state index contributed by atoms with van der Waals surface area (Å²) in [5.74, 6) is 0.866. The van der Waals surface area contributed by atoms with Crippen molar-refractivity contribution in [1.82, 2.24) is 19.9 Å². The maximum atomic E-state index is 11.8. The van der Waals surface area contributed by atoms with E-state index in [1.807, 2.05) is 32.9 Å². The number of carbonyl (C=O) groups is 1. The largest absolute Gasteiger partial charge is 0.444 e. The molecule has 0 radical (unpaired) electrons. The van der Waals surface area contributed by atoms with Gasteiger partial charge in [-0.05, 0) is 69.0 Å². The number of hydrogen-bond donors (Lipinski definition) is 1. The quantitative estimate of drug-likeness (QED) is 0.415. The van der Waals surface area contributed by atoms with E-state index < -0.39 is 11.7 Å². The predicted octanol–water partition coefficient (Wildman–Crippen LogP) is 5.72. The third kappa shape index (κ3) is 5.40. The van der Waals surface area contributed by atoms with Crippen LogP contribution in [0.4, 0.5) is 4.79 Å². The topological polar surface area (TPSA) is 69.0 Å². The number of hydrogen-bond acceptors (Lipinski definition) is 4. The standard InChI is InChI=1S/C27H30N4O2/c1-5-19-8-12-21(13-9-19)24-30-23-7-6-17-28-25(23)31(24)22-14-10-20(11-15-22)16-18-29-26(32)33-27(2,3)4/h6-15,17H,5,16,18H2,1-4H3,(H,29,32). The minimum absolute atomic E-state index is 0.395. The van der Waals surface area contributed by atoms with Crippen molar-refractivity contribution in [3.8, 4) is 17.1 Å². The van der Waals surface area contributed by atoms with Gasteiger partial charge in [0.1, 0.15) is 16.9 Å². The van der Waals surface area contributed by atoms with Crippen molar-refractivity contribution in [2.24, 2.45) is 0 Å². The molecule has 0 unspecified atom stereocenters. The number of pyridine rings is 1. The maximum absolute atomic E-state index is 11.8. The van der Waals surface area contributed by atoms with Gasteiger partial charge in [0.25, 0.3) is 0 Å². The lowest BCUT2D eigenvalue weighted by molar-refractivity contribution is 0.0528. The highest BCUT2D eigenvalue weighted by Crippen LogP contribution is 2.28. The first-order chi connectivity index (χ1) is 15.8. The van der Waals surface area contributed by atoms with Gasteiger partial charge in [-0.25, -0.2) is 14.8 Å². The highest BCUT2D eigenvalue weighted by molar-refractivity contribution is 5.80. The number of ether oxygens (including phenoxy) is 1. The number of benzene rings is 2. The number of alkyl carbamates (subject to hydrolysis) is 1. The Kier molecular flexibility index (Phi) is 6.45. The minimum Gasteiger partial charge on any atom is -0.444 e. The number of nitrogens with one attached hydrogen (secondary N) is 1. The fraction of sp³-hybridized carbons (Fsp3) is 0.296. The molecular weight excluding hydrogens is 412 g/mol. The Hall–Kier alpha value is -3.67. The molecule has 0 aliphatic heterocycles. The molecule has 1 N–H and O–H groups in total. The summed E-state index contributed by atoms with van der Waals surface area (Å²) < 4.78 is 7.38. The van der Waals surface area contributed by atoms with Crippen molar-refractivity contribution in [2.45, 2.75) is 46.1 Å². The first-order valence-electron chi connectivity index (χ1n) is 11.3. The molecule has 0 fully saturated rings. The summed E-state index contributed by atoms with van der Waals surface area (Å²) in [6.45, 7) is 8.22. The van der Waals surface area contributed by atoms with E-state index in [1.54, 1.807) is 6.20 Å². The number of nitrogens with zero attached hydrogens (tertiary/aromatic N) is 3. The third-order valence-electron chi connectivity index (χ3n) is 5.31. The summed E-state index contributed by atoms with van der Waals surface area (Å²) in [6, 6.07) is 20.7. The molecule has 4 aromatic rings. The van der Waals surface area contributed by atoms with E-state index in [0.717, 1.165) is 40.2 Å². The van der Waals surface area contributed by atoms with E-state index in [0.29, 0.717) is 13.0 Å². The SMILES string of the molecule is CCc1ccc(-c2nc3cccnc3n2-c2ccc(CCNC(=O)OC(C)(C)C)cc2)cc1. The van der Waals surface area contributed by atoms with Crippen LogP contribution in [0.5, 0.6) is 0 Å². The van der Waals surface area contributed by atoms with Crippen molar-refractivity contribution in [3.05, 3.63) is 78.0 Å². The van der Waals surface area contributed by atoms with Gasteiger partial charge in [0, 0.05) is 24.0 Å². The third-order valence-corrected chi connectivity index (χ3v) is 5.31. The lowest BCUT2D eigenvalue weighted by Crippen LogP contribution is -2.33. The fourth-order valence-corrected chi connectivity index (χ4v) is 3.67. The molecule has 0 aliphatic rings. The van der Waals surface area contributed by atoms with E-state index in [2.05, 4.69) is 70.3 Å². The van der Waals surface area contributed by atoms with Gasteiger partial charge in [0.2, 0.25) is 0 Å². The highest BCUT2D eigenvalue weighted by Gasteiger charge is 2.16. The molecule has 6 nitrogen and oxygen atoms in total. The average Bonchev–Trinajstić information content (AvgIpc) is 3.18. The van der Waals surface area contributed by atoms with Crippen LogP contribution < -0.4 is 5.32 Å². The molecule has 6 heteroatoms. The van der Waals surface area contributed by atoms with Crippen LogP contribution >= 0.6 is 0 Å². The van der Waals surface area contributed by atoms with Crippen molar-refractivity contribution in [1.29, 1.82) is 0 Å². The number of aromatic nitrogens is 3. The molecule has 0 atom stereocenters. The van der Waals surface area contributed by atoms with E-state index >= 15 is 0 Å². The monoisotopic (exact) mass is 442 g/mol. The van der Waals surface area contributed by atoms with Gasteiger partial charge >= 0.3 is 6.09 Å². The van der Waals surface area contributed by atoms with E-state index in [1.165, 1.54) is 5.56 Å². The van der Waals surface area contributed by atoms with Gasteiger partial charge < -0.3 is 10.1 Å². The van der Waals surface area contributed by atoms with Crippen LogP contribution in [0.25, 0.3) is 28.2 Å². The maximum Gasteiger partial charge on any atom is 0.407 e. The zero-order valence-electron chi connectivity index (χ0n) is 19.6. The second kappa shape index (κ2) is 9.45. The summed E-state index contributed by atoms with van der Waals surface area (Å²) in [4.78, 5) is 21.3. The van der Waals surface area contributed by atoms with E-state index in [4.69, 9.17) is 9.72 Å². The molecule has 0 saturated heterocycles. The van der Waals surface area contributed by atoms with Gasteiger partial charge in [-0.15, -0.1) is 0 Å². The first-order valence-corrected chi connectivity index (χ1v) is 11.3. The predicted molar refractivity (Wildman–Crippen MR) is 132 cm³/mol. The van der Waals surface area contributed by atoms with Crippen LogP contribution in [-0.4, -0.2) is 32.8 Å². The van der Waals surface area contributed by atoms with Crippen LogP contribution in [0.1, 0.15) is 38.8 Å². The second-order valence-corrected chi connectivity index (χ2v) is 9.01. The molecule has 0 bridgehead atoms. The molecule has 4 rings (SSSR count). The first kappa shape index (κ1) is 22.5. The molecular formula is C27H30N4O2. The Morgan fingerprint density at radius 1 is 1.00 bits per heavy atom. The number of amides is 1. The lowest BCUT2D eigenvalue weighted by atomic mass is 10.1. The molecule has 2 heterocycles. The summed E-state index contributed by atoms with van der Waals surface area (Å²) in [6.07, 6.45) is 3.12. The van der Waals surface area contributed by atoms with Crippen molar-refractivity contribution < 1.29 is 9.53 Å². The molecule has 170 valence electrons. The lowest BCUT2D eigenvalue weighted by Gasteiger charge is -2.19. The number of rotatable bonds is 6. The Balaban J connectivity index is 1.57. The second-order valence-electron chi connectivity index (χ2n) is 9.01. The molecule has 0 saturated carbocycles. The summed E-state index contributed by atoms with van der Waals surface area (Å²) in [5, 5.41) is 2.81. The Labute approximate surface area is 194 Å². The van der Waals surface area contributed by atoms with Gasteiger partial charge in [0.15, 0.2) is 5.65 Å². The molecule has 0 spiro atoms. The van der Waals surface area contributed by atoms with Crippen LogP contribution in [0.2, 0.25) is 0 Å². The Morgan fingerprint density at radius 3 is 2.36 bits per heavy atom. The smallest absolute Gasteiger partial charge is 0.407 e. The van der Waals surface area contributed by atoms with Crippen LogP contribution in [0.3, 0.4) is 0 Å². The number of imidazole rings is 1. The Morgan fingerprint density at radius 2 is 1.70 bits per heavy atom. The van der Waals surface area contributed by atoms with E-state index in [-0.39, 0.29) is 0 Å². The summed E-state index contributed by atoms with van der Waals surface area (Å²) in [5.41, 5.74) is 5.65. The van der Waals surface area contributed by atoms with Gasteiger partial charge in [-0.2, -0.15) is 0 Å². The number of fused-ring (bicyclic) bond motifs is 1. The van der Waals surface area contributed by atoms with Gasteiger partial charge in [0.05, 0.1) is 0 Å². The van der Waals surface area contributed by atoms with Gasteiger partial charge in [-0.3, -0.25) is 4.57 Å². The molecule has 33 heavy (non-hydrogen) atoms. The van der Waals surface area contributed by atoms with Crippen molar-refractivity contribution >= 4 is 17.3 Å². The van der Waals surface area contributed by atoms with Gasteiger partial charge in [-0.1, -0.05) is 43.3 Å². The molecule has 2 aromatic heterocycles. The van der Waals surface area contributed by atoms with Crippen LogP contribution in [0, 0.1) is 0 Å². The molecule has 0 aliphatic carbocycles. The summed E-state index contributed by atoms with van der Waals surface area (Å²) in [7, 11) is 0. The number of aryl methyl sites for hydroxylation is 1. The van der Waals surface area contributed by atoms with Crippen molar-refractivity contribution in [2.75, 3.05) is 6.54 Å². The highest BCUT2D eigenvalue weighted by atomic mass is 16.6. The normalized spacial score (nSPS) is 11.5. The summed E-state index contributed by atoms with van der Waals surface area (Å²) >= 11 is 0. The molecule has 2 aromatic carbocycles. The van der Waals surface area contributed by atoms with Crippen LogP contribution in [0.15, 0.2) is 66.9 Å². The van der Waals surface area contributed by atoms with E-state index in [9.17, 15) is 4.79 Å².